The monoisotopic (exact) mass is 407 g/mol. The topological polar surface area (TPSA) is 52.7 Å². The molecule has 1 aromatic carbocycles. The van der Waals surface area contributed by atoms with Crippen molar-refractivity contribution in [2.24, 2.45) is 5.92 Å². The van der Waals surface area contributed by atoms with E-state index in [1.54, 1.807) is 17.0 Å². The molecule has 2 saturated heterocycles. The number of hydrogen-bond acceptors (Lipinski definition) is 3. The van der Waals surface area contributed by atoms with E-state index in [-0.39, 0.29) is 29.7 Å². The number of amides is 3. The number of benzene rings is 1. The van der Waals surface area contributed by atoms with E-state index in [4.69, 9.17) is 0 Å². The van der Waals surface area contributed by atoms with Crippen molar-refractivity contribution in [3.63, 3.8) is 0 Å². The zero-order chi connectivity index (χ0) is 19.9. The third-order valence-electron chi connectivity index (χ3n) is 5.58. The van der Waals surface area contributed by atoms with Gasteiger partial charge in [-0.25, -0.2) is 9.18 Å². The minimum Gasteiger partial charge on any atom is -0.341 e. The second-order valence-corrected chi connectivity index (χ2v) is 8.74. The molecule has 0 aromatic heterocycles. The lowest BCUT2D eigenvalue weighted by atomic mass is 9.88. The summed E-state index contributed by atoms with van der Waals surface area (Å²) >= 11 is 1.88. The molecular formula is C21H30FN3O2S. The maximum atomic E-state index is 13.3. The Hall–Kier alpha value is -1.76. The van der Waals surface area contributed by atoms with Crippen molar-refractivity contribution in [3.8, 4) is 0 Å². The van der Waals surface area contributed by atoms with Crippen LogP contribution in [-0.4, -0.2) is 59.4 Å². The molecule has 3 rings (SSSR count). The molecule has 1 aromatic rings. The Morgan fingerprint density at radius 2 is 1.89 bits per heavy atom. The summed E-state index contributed by atoms with van der Waals surface area (Å²) in [7, 11) is 0. The average Bonchev–Trinajstić information content (AvgIpc) is 2.74. The Morgan fingerprint density at radius 1 is 1.18 bits per heavy atom. The molecule has 0 unspecified atom stereocenters. The van der Waals surface area contributed by atoms with E-state index in [0.717, 1.165) is 49.4 Å². The molecule has 2 aliphatic heterocycles. The van der Waals surface area contributed by atoms with Gasteiger partial charge in [0.15, 0.2) is 0 Å². The van der Waals surface area contributed by atoms with Crippen molar-refractivity contribution < 1.29 is 14.0 Å². The van der Waals surface area contributed by atoms with Gasteiger partial charge >= 0.3 is 6.03 Å². The first kappa shape index (κ1) is 21.0. The number of urea groups is 1. The Kier molecular flexibility index (Phi) is 7.59. The predicted molar refractivity (Wildman–Crippen MR) is 111 cm³/mol. The summed E-state index contributed by atoms with van der Waals surface area (Å²) in [5.41, 5.74) is 0.923. The largest absolute Gasteiger partial charge is 0.341 e. The van der Waals surface area contributed by atoms with E-state index in [9.17, 15) is 14.0 Å². The first-order valence-corrected chi connectivity index (χ1v) is 11.4. The predicted octanol–water partition coefficient (Wildman–Crippen LogP) is 3.66. The molecule has 0 bridgehead atoms. The number of carbonyl (C=O) groups excluding carboxylic acids is 2. The molecule has 2 atom stereocenters. The van der Waals surface area contributed by atoms with Gasteiger partial charge < -0.3 is 15.1 Å². The summed E-state index contributed by atoms with van der Waals surface area (Å²) in [6, 6.07) is 6.11. The third kappa shape index (κ3) is 5.19. The second-order valence-electron chi connectivity index (χ2n) is 7.52. The van der Waals surface area contributed by atoms with Crippen LogP contribution >= 0.6 is 11.8 Å². The van der Waals surface area contributed by atoms with Gasteiger partial charge in [-0.15, -0.1) is 0 Å². The number of halogens is 1. The number of carbonyl (C=O) groups is 2. The number of piperidine rings is 1. The number of likely N-dealkylation sites (tertiary alicyclic amines) is 1. The number of nitrogens with one attached hydrogen (secondary N) is 1. The Morgan fingerprint density at radius 3 is 2.57 bits per heavy atom. The molecule has 28 heavy (non-hydrogen) atoms. The quantitative estimate of drug-likeness (QED) is 0.758. The molecule has 1 N–H and O–H groups in total. The summed E-state index contributed by atoms with van der Waals surface area (Å²) in [5, 5.41) is 2.99. The van der Waals surface area contributed by atoms with Crippen molar-refractivity contribution in [1.29, 1.82) is 0 Å². The number of rotatable bonds is 5. The van der Waals surface area contributed by atoms with Crippen LogP contribution in [0.25, 0.3) is 0 Å². The van der Waals surface area contributed by atoms with Gasteiger partial charge in [-0.2, -0.15) is 11.8 Å². The lowest BCUT2D eigenvalue weighted by molar-refractivity contribution is -0.137. The van der Waals surface area contributed by atoms with Crippen LogP contribution in [0.3, 0.4) is 0 Å². The molecular weight excluding hydrogens is 377 g/mol. The van der Waals surface area contributed by atoms with Gasteiger partial charge in [0.25, 0.3) is 0 Å². The van der Waals surface area contributed by atoms with Gasteiger partial charge in [0.05, 0.1) is 12.0 Å². The maximum absolute atomic E-state index is 13.3. The molecule has 0 saturated carbocycles. The average molecular weight is 408 g/mol. The highest BCUT2D eigenvalue weighted by Gasteiger charge is 2.37. The van der Waals surface area contributed by atoms with Crippen LogP contribution in [0.2, 0.25) is 0 Å². The number of nitrogens with zero attached hydrogens (tertiary/aromatic N) is 2. The molecule has 2 aliphatic rings. The molecule has 2 fully saturated rings. The van der Waals surface area contributed by atoms with E-state index >= 15 is 0 Å². The van der Waals surface area contributed by atoms with Crippen LogP contribution in [0, 0.1) is 11.7 Å². The molecule has 2 heterocycles. The molecule has 154 valence electrons. The van der Waals surface area contributed by atoms with E-state index in [1.165, 1.54) is 12.1 Å². The highest BCUT2D eigenvalue weighted by atomic mass is 32.2. The third-order valence-corrected chi connectivity index (χ3v) is 6.52. The van der Waals surface area contributed by atoms with Gasteiger partial charge in [0.2, 0.25) is 5.91 Å². The highest BCUT2D eigenvalue weighted by molar-refractivity contribution is 7.99. The normalized spacial score (nSPS) is 22.8. The highest BCUT2D eigenvalue weighted by Crippen LogP contribution is 2.34. The SMILES string of the molecule is CCCCNC(=O)N1C[C@H](C(=O)N2CCSCC2)CC[C@H]1c1ccc(F)cc1. The van der Waals surface area contributed by atoms with E-state index in [0.29, 0.717) is 19.5 Å². The Balaban J connectivity index is 1.73. The van der Waals surface area contributed by atoms with Crippen molar-refractivity contribution in [2.75, 3.05) is 37.7 Å². The van der Waals surface area contributed by atoms with Gasteiger partial charge in [-0.3, -0.25) is 4.79 Å². The summed E-state index contributed by atoms with van der Waals surface area (Å²) in [6.45, 7) is 4.72. The van der Waals surface area contributed by atoms with Gasteiger partial charge in [-0.1, -0.05) is 25.5 Å². The maximum Gasteiger partial charge on any atom is 0.317 e. The Bertz CT molecular complexity index is 664. The number of unbranched alkanes of at least 4 members (excludes halogenated alkanes) is 1. The fourth-order valence-corrected chi connectivity index (χ4v) is 4.85. The smallest absolute Gasteiger partial charge is 0.317 e. The number of hydrogen-bond donors (Lipinski definition) is 1. The van der Waals surface area contributed by atoms with Crippen molar-refractivity contribution >= 4 is 23.7 Å². The zero-order valence-corrected chi connectivity index (χ0v) is 17.3. The van der Waals surface area contributed by atoms with Crippen LogP contribution in [0.15, 0.2) is 24.3 Å². The van der Waals surface area contributed by atoms with E-state index in [1.807, 2.05) is 16.7 Å². The molecule has 5 nitrogen and oxygen atoms in total. The fourth-order valence-electron chi connectivity index (χ4n) is 3.94. The molecule has 0 spiro atoms. The second kappa shape index (κ2) is 10.1. The minimum atomic E-state index is -0.283. The van der Waals surface area contributed by atoms with Crippen molar-refractivity contribution in [2.45, 2.75) is 38.6 Å². The van der Waals surface area contributed by atoms with E-state index in [2.05, 4.69) is 12.2 Å². The molecule has 0 radical (unpaired) electrons. The lowest BCUT2D eigenvalue weighted by Gasteiger charge is -2.41. The summed E-state index contributed by atoms with van der Waals surface area (Å²) in [6.07, 6.45) is 3.40. The van der Waals surface area contributed by atoms with Crippen LogP contribution < -0.4 is 5.32 Å². The van der Waals surface area contributed by atoms with Crippen LogP contribution in [-0.2, 0) is 4.79 Å². The Labute approximate surface area is 171 Å². The first-order chi connectivity index (χ1) is 13.6. The number of thioether (sulfide) groups is 1. The van der Waals surface area contributed by atoms with Crippen LogP contribution in [0.1, 0.15) is 44.2 Å². The summed E-state index contributed by atoms with van der Waals surface area (Å²) in [5.74, 6) is 1.70. The lowest BCUT2D eigenvalue weighted by Crippen LogP contribution is -2.52. The van der Waals surface area contributed by atoms with Crippen molar-refractivity contribution in [3.05, 3.63) is 35.6 Å². The molecule has 0 aliphatic carbocycles. The van der Waals surface area contributed by atoms with E-state index < -0.39 is 0 Å². The van der Waals surface area contributed by atoms with Gasteiger partial charge in [0, 0.05) is 37.7 Å². The standard InChI is InChI=1S/C21H30FN3O2S/c1-2-3-10-23-21(27)25-15-17(20(26)24-11-13-28-14-12-24)6-9-19(25)16-4-7-18(22)8-5-16/h4-5,7-8,17,19H,2-3,6,9-15H2,1H3,(H,23,27)/t17-,19+/m1/s1. The summed E-state index contributed by atoms with van der Waals surface area (Å²) in [4.78, 5) is 29.6. The first-order valence-electron chi connectivity index (χ1n) is 10.3. The fraction of sp³-hybridized carbons (Fsp3) is 0.619. The summed E-state index contributed by atoms with van der Waals surface area (Å²) < 4.78 is 13.3. The van der Waals surface area contributed by atoms with Crippen molar-refractivity contribution in [1.82, 2.24) is 15.1 Å². The van der Waals surface area contributed by atoms with Crippen LogP contribution in [0.4, 0.5) is 9.18 Å². The van der Waals surface area contributed by atoms with Crippen LogP contribution in [0.5, 0.6) is 0 Å². The zero-order valence-electron chi connectivity index (χ0n) is 16.5. The van der Waals surface area contributed by atoms with Gasteiger partial charge in [-0.05, 0) is 37.0 Å². The molecule has 7 heteroatoms. The van der Waals surface area contributed by atoms with Gasteiger partial charge in [0.1, 0.15) is 5.82 Å². The minimum absolute atomic E-state index is 0.122. The molecule has 3 amide bonds.